The van der Waals surface area contributed by atoms with Crippen molar-refractivity contribution in [3.63, 3.8) is 0 Å². The van der Waals surface area contributed by atoms with Crippen molar-refractivity contribution >= 4 is 56.3 Å². The Labute approximate surface area is 193 Å². The summed E-state index contributed by atoms with van der Waals surface area (Å²) in [5.74, 6) is -1.20. The molecule has 8 nitrogen and oxygen atoms in total. The third-order valence-electron chi connectivity index (χ3n) is 4.81. The summed E-state index contributed by atoms with van der Waals surface area (Å²) in [5, 5.41) is 5.44. The predicted octanol–water partition coefficient (Wildman–Crippen LogP) is 4.53. The molecule has 1 unspecified atom stereocenters. The number of carbonyl (C=O) groups is 3. The molecular weight excluding hydrogens is 490 g/mol. The van der Waals surface area contributed by atoms with Crippen LogP contribution >= 0.6 is 27.5 Å². The molecule has 1 aliphatic rings. The lowest BCUT2D eigenvalue weighted by molar-refractivity contribution is -0.152. The van der Waals surface area contributed by atoms with Gasteiger partial charge in [0, 0.05) is 22.6 Å². The summed E-state index contributed by atoms with van der Waals surface area (Å²) in [6.45, 7) is 7.43. The molecular formula is C21H25BrClN3O5. The maximum absolute atomic E-state index is 13.5. The first-order chi connectivity index (χ1) is 14.5. The minimum absolute atomic E-state index is 0.107. The van der Waals surface area contributed by atoms with E-state index in [-0.39, 0.29) is 6.61 Å². The van der Waals surface area contributed by atoms with Gasteiger partial charge in [0.2, 0.25) is 6.04 Å². The van der Waals surface area contributed by atoms with Crippen LogP contribution < -0.4 is 0 Å². The minimum atomic E-state index is -1.34. The summed E-state index contributed by atoms with van der Waals surface area (Å²) in [6.07, 6.45) is 2.03. The van der Waals surface area contributed by atoms with Gasteiger partial charge in [-0.2, -0.15) is 5.10 Å². The molecule has 0 N–H and O–H groups in total. The zero-order chi connectivity index (χ0) is 22.9. The Kier molecular flexibility index (Phi) is 6.95. The third-order valence-corrected chi connectivity index (χ3v) is 5.58. The number of Topliss-reactive ketones (excluding diaryl/α,β-unsaturated/α-hetero) is 1. The van der Waals surface area contributed by atoms with Gasteiger partial charge in [0.1, 0.15) is 5.60 Å². The highest BCUT2D eigenvalue weighted by atomic mass is 79.9. The van der Waals surface area contributed by atoms with Crippen LogP contribution in [-0.4, -0.2) is 57.3 Å². The molecule has 3 rings (SSSR count). The number of fused-ring (bicyclic) bond motifs is 1. The lowest BCUT2D eigenvalue weighted by atomic mass is 10.0. The highest BCUT2D eigenvalue weighted by Crippen LogP contribution is 2.30. The molecule has 1 aromatic heterocycles. The van der Waals surface area contributed by atoms with Crippen LogP contribution in [0.15, 0.2) is 22.8 Å². The van der Waals surface area contributed by atoms with Crippen molar-refractivity contribution in [3.05, 3.63) is 27.8 Å². The van der Waals surface area contributed by atoms with E-state index in [1.807, 2.05) is 0 Å². The molecule has 2 atom stereocenters. The van der Waals surface area contributed by atoms with Crippen LogP contribution in [-0.2, 0) is 19.1 Å². The molecule has 2 aromatic rings. The molecule has 31 heavy (non-hydrogen) atoms. The Morgan fingerprint density at radius 2 is 2.03 bits per heavy atom. The van der Waals surface area contributed by atoms with Gasteiger partial charge in [0.25, 0.3) is 0 Å². The number of ketones is 1. The summed E-state index contributed by atoms with van der Waals surface area (Å²) < 4.78 is 12.6. The number of ether oxygens (including phenoxy) is 2. The molecule has 10 heteroatoms. The van der Waals surface area contributed by atoms with Crippen LogP contribution in [0.3, 0.4) is 0 Å². The van der Waals surface area contributed by atoms with E-state index in [1.165, 1.54) is 9.58 Å². The van der Waals surface area contributed by atoms with E-state index in [1.54, 1.807) is 46.0 Å². The number of halogens is 2. The van der Waals surface area contributed by atoms with E-state index >= 15 is 0 Å². The predicted molar refractivity (Wildman–Crippen MR) is 119 cm³/mol. The molecule has 0 spiro atoms. The molecule has 0 radical (unpaired) electrons. The van der Waals surface area contributed by atoms with Gasteiger partial charge in [-0.1, -0.05) is 27.5 Å². The molecule has 1 saturated heterocycles. The SMILES string of the molecule is CCOC(=O)C(C(=O)[C@@H]1CCCN1C(=O)OC(C)(C)C)n1cc2c(Cl)cc(Br)cc2n1. The smallest absolute Gasteiger partial charge is 0.410 e. The number of nitrogens with zero attached hydrogens (tertiary/aromatic N) is 3. The summed E-state index contributed by atoms with van der Waals surface area (Å²) in [5.41, 5.74) is -0.172. The molecule has 2 heterocycles. The van der Waals surface area contributed by atoms with Crippen molar-refractivity contribution in [1.29, 1.82) is 0 Å². The maximum Gasteiger partial charge on any atom is 0.410 e. The Morgan fingerprint density at radius 3 is 2.68 bits per heavy atom. The van der Waals surface area contributed by atoms with Crippen molar-refractivity contribution in [3.8, 4) is 0 Å². The Morgan fingerprint density at radius 1 is 1.32 bits per heavy atom. The van der Waals surface area contributed by atoms with Gasteiger partial charge in [-0.05, 0) is 52.7 Å². The summed E-state index contributed by atoms with van der Waals surface area (Å²) in [4.78, 5) is 40.3. The first-order valence-corrected chi connectivity index (χ1v) is 11.2. The van der Waals surface area contributed by atoms with E-state index in [2.05, 4.69) is 21.0 Å². The summed E-state index contributed by atoms with van der Waals surface area (Å²) >= 11 is 9.66. The number of carbonyl (C=O) groups excluding carboxylic acids is 3. The fourth-order valence-electron chi connectivity index (χ4n) is 3.56. The standard InChI is InChI=1S/C21H25BrClN3O5/c1-5-30-19(28)17(26-11-13-14(23)9-12(22)10-15(13)24-26)18(27)16-7-6-8-25(16)20(29)31-21(2,3)4/h9-11,16-17H,5-8H2,1-4H3/t16-,17?/m0/s1. The number of hydrogen-bond donors (Lipinski definition) is 0. The van der Waals surface area contributed by atoms with Gasteiger partial charge < -0.3 is 9.47 Å². The van der Waals surface area contributed by atoms with Crippen molar-refractivity contribution in [1.82, 2.24) is 14.7 Å². The highest BCUT2D eigenvalue weighted by Gasteiger charge is 2.43. The van der Waals surface area contributed by atoms with Gasteiger partial charge in [0.15, 0.2) is 5.78 Å². The van der Waals surface area contributed by atoms with Gasteiger partial charge in [0.05, 0.1) is 23.2 Å². The molecule has 1 amide bonds. The number of benzene rings is 1. The first-order valence-electron chi connectivity index (χ1n) is 10.1. The second kappa shape index (κ2) is 9.16. The Bertz CT molecular complexity index is 1020. The minimum Gasteiger partial charge on any atom is -0.464 e. The monoisotopic (exact) mass is 513 g/mol. The normalized spacial score (nSPS) is 17.6. The first kappa shape index (κ1) is 23.5. The van der Waals surface area contributed by atoms with E-state index in [9.17, 15) is 14.4 Å². The average molecular weight is 515 g/mol. The van der Waals surface area contributed by atoms with Crippen molar-refractivity contribution < 1.29 is 23.9 Å². The molecule has 1 fully saturated rings. The summed E-state index contributed by atoms with van der Waals surface area (Å²) in [7, 11) is 0. The van der Waals surface area contributed by atoms with Crippen molar-refractivity contribution in [2.24, 2.45) is 0 Å². The van der Waals surface area contributed by atoms with Crippen LogP contribution in [0.4, 0.5) is 4.79 Å². The summed E-state index contributed by atoms with van der Waals surface area (Å²) in [6, 6.07) is 1.31. The second-order valence-electron chi connectivity index (χ2n) is 8.32. The van der Waals surface area contributed by atoms with Gasteiger partial charge in [-0.3, -0.25) is 9.69 Å². The van der Waals surface area contributed by atoms with Crippen LogP contribution in [0, 0.1) is 0 Å². The number of esters is 1. The second-order valence-corrected chi connectivity index (χ2v) is 9.64. The van der Waals surface area contributed by atoms with Gasteiger partial charge in [-0.25, -0.2) is 14.3 Å². The number of rotatable bonds is 5. The van der Waals surface area contributed by atoms with Crippen LogP contribution in [0.5, 0.6) is 0 Å². The van der Waals surface area contributed by atoms with Crippen molar-refractivity contribution in [2.75, 3.05) is 13.2 Å². The zero-order valence-corrected chi connectivity index (χ0v) is 20.2. The molecule has 1 aromatic carbocycles. The Hall–Kier alpha value is -2.13. The topological polar surface area (TPSA) is 90.7 Å². The number of amides is 1. The van der Waals surface area contributed by atoms with E-state index in [4.69, 9.17) is 21.1 Å². The fourth-order valence-corrected chi connectivity index (χ4v) is 4.40. The van der Waals surface area contributed by atoms with Crippen molar-refractivity contribution in [2.45, 2.75) is 58.2 Å². The zero-order valence-electron chi connectivity index (χ0n) is 17.9. The largest absolute Gasteiger partial charge is 0.464 e. The average Bonchev–Trinajstić information content (AvgIpc) is 3.27. The maximum atomic E-state index is 13.5. The Balaban J connectivity index is 1.97. The quantitative estimate of drug-likeness (QED) is 0.430. The molecule has 0 saturated carbocycles. The number of likely N-dealkylation sites (tertiary alicyclic amines) is 1. The van der Waals surface area contributed by atoms with E-state index < -0.39 is 35.5 Å². The van der Waals surface area contributed by atoms with Crippen LogP contribution in [0.2, 0.25) is 5.02 Å². The van der Waals surface area contributed by atoms with E-state index in [0.29, 0.717) is 35.3 Å². The number of hydrogen-bond acceptors (Lipinski definition) is 6. The fraction of sp³-hybridized carbons (Fsp3) is 0.524. The number of aromatic nitrogens is 2. The third kappa shape index (κ3) is 5.20. The van der Waals surface area contributed by atoms with Crippen LogP contribution in [0.1, 0.15) is 46.6 Å². The molecule has 0 aliphatic carbocycles. The van der Waals surface area contributed by atoms with E-state index in [0.717, 1.165) is 4.47 Å². The lowest BCUT2D eigenvalue weighted by Gasteiger charge is -2.29. The lowest BCUT2D eigenvalue weighted by Crippen LogP contribution is -2.47. The highest BCUT2D eigenvalue weighted by molar-refractivity contribution is 9.10. The molecule has 1 aliphatic heterocycles. The van der Waals surface area contributed by atoms with Crippen LogP contribution in [0.25, 0.3) is 10.9 Å². The molecule has 0 bridgehead atoms. The van der Waals surface area contributed by atoms with Gasteiger partial charge in [-0.15, -0.1) is 0 Å². The molecule has 168 valence electrons. The van der Waals surface area contributed by atoms with Gasteiger partial charge >= 0.3 is 12.1 Å².